The molecule has 0 spiro atoms. The highest BCUT2D eigenvalue weighted by molar-refractivity contribution is 7.89. The average Bonchev–Trinajstić information content (AvgIpc) is 3.04. The fourth-order valence-electron chi connectivity index (χ4n) is 4.40. The Morgan fingerprint density at radius 1 is 0.978 bits per heavy atom. The maximum absolute atomic E-state index is 13.1. The van der Waals surface area contributed by atoms with Gasteiger partial charge in [-0.25, -0.2) is 37.1 Å². The molecule has 0 aliphatic carbocycles. The maximum Gasteiger partial charge on any atom is 0.573 e. The Morgan fingerprint density at radius 3 is 2.17 bits per heavy atom. The summed E-state index contributed by atoms with van der Waals surface area (Å²) < 4.78 is 93.8. The summed E-state index contributed by atoms with van der Waals surface area (Å²) in [7, 11) is -4.33. The van der Waals surface area contributed by atoms with E-state index in [0.29, 0.717) is 18.0 Å². The summed E-state index contributed by atoms with van der Waals surface area (Å²) in [5.41, 5.74) is 6.84. The first-order chi connectivity index (χ1) is 21.6. The number of ether oxygens (including phenoxy) is 1. The zero-order valence-electron chi connectivity index (χ0n) is 24.1. The van der Waals surface area contributed by atoms with Gasteiger partial charge in [-0.2, -0.15) is 4.31 Å². The van der Waals surface area contributed by atoms with Crippen molar-refractivity contribution in [2.45, 2.75) is 43.1 Å². The first kappa shape index (κ1) is 34.3. The smallest absolute Gasteiger partial charge is 0.480 e. The molecule has 4 aromatic rings. The fourth-order valence-corrected chi connectivity index (χ4v) is 5.97. The molecule has 1 atom stereocenters. The van der Waals surface area contributed by atoms with Crippen molar-refractivity contribution in [1.29, 1.82) is 0 Å². The lowest BCUT2D eigenvalue weighted by Gasteiger charge is -2.38. The highest BCUT2D eigenvalue weighted by Crippen LogP contribution is 2.31. The van der Waals surface area contributed by atoms with E-state index in [1.165, 1.54) is 37.6 Å². The number of carboxylic acid groups (broad SMARTS) is 1. The van der Waals surface area contributed by atoms with Crippen LogP contribution < -0.4 is 15.4 Å². The maximum atomic E-state index is 13.1. The molecule has 0 amide bonds. The highest BCUT2D eigenvalue weighted by Gasteiger charge is 2.41. The minimum absolute atomic E-state index is 0.0622. The number of hydrogen-bond donors (Lipinski definition) is 2. The standard InChI is InChI=1S/C18H15F3N6O5S.C10H13F2N/c19-18(20,21)32-11-1-3-12(4-2-11)33(30,31)27-8-7-26(10-13(27)17(28)29)14-9-24-15-16(25-14)23-6-5-22-15;1-2-10(11,12)9-5-3-8(7-13)4-6-9/h1-6,9,13H,7-8,10H2,(H,28,29);3-6H,2,7,13H2,1H3/t13-;/m1./s1. The number of piperazine rings is 1. The van der Waals surface area contributed by atoms with E-state index in [1.807, 2.05) is 0 Å². The molecule has 3 N–H and O–H groups in total. The van der Waals surface area contributed by atoms with E-state index in [9.17, 15) is 40.3 Å². The third-order valence-corrected chi connectivity index (χ3v) is 8.77. The van der Waals surface area contributed by atoms with Crippen LogP contribution in [0.25, 0.3) is 11.3 Å². The summed E-state index contributed by atoms with van der Waals surface area (Å²) in [6.45, 7) is 1.51. The second kappa shape index (κ2) is 13.8. The minimum Gasteiger partial charge on any atom is -0.480 e. The number of fused-ring (bicyclic) bond motifs is 1. The fraction of sp³-hybridized carbons (Fsp3) is 0.321. The van der Waals surface area contributed by atoms with E-state index in [-0.39, 0.29) is 42.2 Å². The zero-order valence-corrected chi connectivity index (χ0v) is 24.9. The molecule has 0 radical (unpaired) electrons. The Kier molecular flexibility index (Phi) is 10.3. The van der Waals surface area contributed by atoms with Crippen LogP contribution in [0.2, 0.25) is 0 Å². The van der Waals surface area contributed by atoms with Crippen LogP contribution in [0.1, 0.15) is 24.5 Å². The molecule has 1 fully saturated rings. The van der Waals surface area contributed by atoms with Crippen molar-refractivity contribution in [3.8, 4) is 5.75 Å². The number of hydrogen-bond acceptors (Lipinski definition) is 10. The molecule has 5 rings (SSSR count). The summed E-state index contributed by atoms with van der Waals surface area (Å²) in [4.78, 5) is 29.6. The van der Waals surface area contributed by atoms with Gasteiger partial charge in [-0.05, 0) is 29.8 Å². The average molecular weight is 670 g/mol. The number of anilines is 1. The van der Waals surface area contributed by atoms with Crippen molar-refractivity contribution in [2.24, 2.45) is 5.73 Å². The second-order valence-corrected chi connectivity index (χ2v) is 11.7. The van der Waals surface area contributed by atoms with Crippen LogP contribution >= 0.6 is 0 Å². The number of aromatic nitrogens is 4. The van der Waals surface area contributed by atoms with E-state index in [0.717, 1.165) is 34.1 Å². The highest BCUT2D eigenvalue weighted by atomic mass is 32.2. The molecule has 3 heterocycles. The van der Waals surface area contributed by atoms with Gasteiger partial charge in [0.2, 0.25) is 10.0 Å². The predicted molar refractivity (Wildman–Crippen MR) is 154 cm³/mol. The van der Waals surface area contributed by atoms with Crippen molar-refractivity contribution in [2.75, 3.05) is 24.5 Å². The van der Waals surface area contributed by atoms with Gasteiger partial charge in [0, 0.05) is 50.6 Å². The molecular formula is C28H28F5N7O5S. The van der Waals surface area contributed by atoms with E-state index >= 15 is 0 Å². The van der Waals surface area contributed by atoms with Gasteiger partial charge in [0.25, 0.3) is 5.92 Å². The lowest BCUT2D eigenvalue weighted by atomic mass is 10.0. The third-order valence-electron chi connectivity index (χ3n) is 6.84. The molecule has 2 aromatic carbocycles. The summed E-state index contributed by atoms with van der Waals surface area (Å²) in [5.74, 6) is -4.40. The van der Waals surface area contributed by atoms with E-state index in [2.05, 4.69) is 24.7 Å². The molecule has 0 bridgehead atoms. The van der Waals surface area contributed by atoms with Gasteiger partial charge in [-0.15, -0.1) is 13.2 Å². The molecule has 18 heteroatoms. The van der Waals surface area contributed by atoms with Gasteiger partial charge >= 0.3 is 12.3 Å². The zero-order chi connectivity index (χ0) is 33.7. The van der Waals surface area contributed by atoms with Crippen LogP contribution in [-0.4, -0.2) is 75.8 Å². The monoisotopic (exact) mass is 669 g/mol. The number of carbonyl (C=O) groups is 1. The lowest BCUT2D eigenvalue weighted by molar-refractivity contribution is -0.274. The van der Waals surface area contributed by atoms with Crippen LogP contribution in [0, 0.1) is 0 Å². The van der Waals surface area contributed by atoms with Crippen LogP contribution in [0.3, 0.4) is 0 Å². The molecule has 1 aliphatic rings. The van der Waals surface area contributed by atoms with Crippen LogP contribution in [0.4, 0.5) is 27.8 Å². The Morgan fingerprint density at radius 2 is 1.61 bits per heavy atom. The Labute approximate surface area is 259 Å². The number of nitrogens with zero attached hydrogens (tertiary/aromatic N) is 6. The van der Waals surface area contributed by atoms with E-state index in [1.54, 1.807) is 17.0 Å². The number of carboxylic acids is 1. The summed E-state index contributed by atoms with van der Waals surface area (Å²) >= 11 is 0. The molecule has 0 saturated carbocycles. The van der Waals surface area contributed by atoms with Crippen molar-refractivity contribution >= 4 is 33.1 Å². The van der Waals surface area contributed by atoms with Gasteiger partial charge in [0.1, 0.15) is 17.6 Å². The molecule has 1 aliphatic heterocycles. The topological polar surface area (TPSA) is 165 Å². The van der Waals surface area contributed by atoms with Crippen molar-refractivity contribution < 1.29 is 45.0 Å². The molecule has 12 nitrogen and oxygen atoms in total. The van der Waals surface area contributed by atoms with Crippen molar-refractivity contribution in [1.82, 2.24) is 24.2 Å². The largest absolute Gasteiger partial charge is 0.573 e. The number of rotatable bonds is 8. The lowest BCUT2D eigenvalue weighted by Crippen LogP contribution is -2.58. The number of sulfonamides is 1. The van der Waals surface area contributed by atoms with Crippen LogP contribution in [0.5, 0.6) is 5.75 Å². The molecule has 1 saturated heterocycles. The van der Waals surface area contributed by atoms with Gasteiger partial charge in [0.05, 0.1) is 11.1 Å². The van der Waals surface area contributed by atoms with Crippen LogP contribution in [-0.2, 0) is 27.3 Å². The van der Waals surface area contributed by atoms with E-state index in [4.69, 9.17) is 5.73 Å². The van der Waals surface area contributed by atoms with Gasteiger partial charge < -0.3 is 20.5 Å². The molecule has 246 valence electrons. The van der Waals surface area contributed by atoms with Gasteiger partial charge in [0.15, 0.2) is 11.3 Å². The second-order valence-electron chi connectivity index (χ2n) is 9.83. The number of aliphatic carboxylic acids is 1. The Hall–Kier alpha value is -4.55. The summed E-state index contributed by atoms with van der Waals surface area (Å²) in [6.07, 6.45) is -0.838. The molecule has 0 unspecified atom stereocenters. The van der Waals surface area contributed by atoms with Crippen molar-refractivity contribution in [3.63, 3.8) is 0 Å². The predicted octanol–water partition coefficient (Wildman–Crippen LogP) is 3.93. The van der Waals surface area contributed by atoms with E-state index < -0.39 is 40.1 Å². The number of nitrogens with two attached hydrogens (primary N) is 1. The minimum atomic E-state index is -4.93. The Balaban J connectivity index is 0.000000310. The van der Waals surface area contributed by atoms with Gasteiger partial charge in [-0.3, -0.25) is 4.79 Å². The van der Waals surface area contributed by atoms with Gasteiger partial charge in [-0.1, -0.05) is 31.2 Å². The first-order valence-corrected chi connectivity index (χ1v) is 15.0. The number of halogens is 5. The van der Waals surface area contributed by atoms with Crippen LogP contribution in [0.15, 0.2) is 72.0 Å². The SMILES string of the molecule is CCC(F)(F)c1ccc(CN)cc1.O=C(O)[C@H]1CN(c2cnc3nccnc3n2)CCN1S(=O)(=O)c1ccc(OC(F)(F)F)cc1. The summed E-state index contributed by atoms with van der Waals surface area (Å²) in [6, 6.07) is 8.21. The number of alkyl halides is 5. The molecular weight excluding hydrogens is 641 g/mol. The Bertz CT molecular complexity index is 1760. The quantitative estimate of drug-likeness (QED) is 0.261. The molecule has 46 heavy (non-hydrogen) atoms. The third kappa shape index (κ3) is 8.18. The van der Waals surface area contributed by atoms with Crippen molar-refractivity contribution in [3.05, 3.63) is 78.2 Å². The molecule has 2 aromatic heterocycles. The first-order valence-electron chi connectivity index (χ1n) is 13.6. The number of benzene rings is 2. The summed E-state index contributed by atoms with van der Waals surface area (Å²) in [5, 5.41) is 9.69. The normalized spacial score (nSPS) is 16.1.